The Morgan fingerprint density at radius 2 is 1.75 bits per heavy atom. The van der Waals surface area contributed by atoms with E-state index in [0.717, 1.165) is 5.56 Å². The fourth-order valence-corrected chi connectivity index (χ4v) is 2.18. The summed E-state index contributed by atoms with van der Waals surface area (Å²) in [7, 11) is 2.97. The van der Waals surface area contributed by atoms with Crippen LogP contribution in [-0.2, 0) is 0 Å². The van der Waals surface area contributed by atoms with Crippen molar-refractivity contribution in [3.63, 3.8) is 0 Å². The van der Waals surface area contributed by atoms with Crippen LogP contribution in [0.1, 0.15) is 17.2 Å². The Labute approximate surface area is 122 Å². The third kappa shape index (κ3) is 2.86. The van der Waals surface area contributed by atoms with Crippen molar-refractivity contribution in [2.75, 3.05) is 14.2 Å². The Morgan fingerprint density at radius 1 is 1.05 bits per heavy atom. The molecule has 2 N–H and O–H groups in total. The van der Waals surface area contributed by atoms with Crippen molar-refractivity contribution in [1.29, 1.82) is 0 Å². The van der Waals surface area contributed by atoms with E-state index in [1.54, 1.807) is 37.4 Å². The van der Waals surface area contributed by atoms with Gasteiger partial charge in [-0.05, 0) is 35.9 Å². The highest BCUT2D eigenvalue weighted by Crippen LogP contribution is 2.32. The normalized spacial score (nSPS) is 12.1. The molecule has 0 aromatic heterocycles. The van der Waals surface area contributed by atoms with Gasteiger partial charge in [0.05, 0.1) is 20.3 Å². The van der Waals surface area contributed by atoms with E-state index >= 15 is 0 Å². The van der Waals surface area contributed by atoms with Gasteiger partial charge in [-0.2, -0.15) is 0 Å². The first-order valence-electron chi connectivity index (χ1n) is 5.99. The molecule has 106 valence electrons. The van der Waals surface area contributed by atoms with Crippen molar-refractivity contribution >= 4 is 11.6 Å². The van der Waals surface area contributed by atoms with E-state index in [0.29, 0.717) is 16.3 Å². The van der Waals surface area contributed by atoms with E-state index in [1.165, 1.54) is 13.2 Å². The molecule has 20 heavy (non-hydrogen) atoms. The summed E-state index contributed by atoms with van der Waals surface area (Å²) in [5, 5.41) is 0.560. The van der Waals surface area contributed by atoms with Crippen molar-refractivity contribution in [3.8, 4) is 11.5 Å². The molecule has 2 aromatic rings. The first-order valence-corrected chi connectivity index (χ1v) is 6.37. The average Bonchev–Trinajstić information content (AvgIpc) is 2.47. The van der Waals surface area contributed by atoms with Crippen LogP contribution in [0.25, 0.3) is 0 Å². The maximum Gasteiger partial charge on any atom is 0.165 e. The topological polar surface area (TPSA) is 44.5 Å². The molecule has 0 spiro atoms. The van der Waals surface area contributed by atoms with Crippen LogP contribution in [0, 0.1) is 5.82 Å². The van der Waals surface area contributed by atoms with Crippen molar-refractivity contribution < 1.29 is 13.9 Å². The highest BCUT2D eigenvalue weighted by Gasteiger charge is 2.16. The molecule has 0 amide bonds. The minimum Gasteiger partial charge on any atom is -0.496 e. The van der Waals surface area contributed by atoms with Gasteiger partial charge in [-0.15, -0.1) is 0 Å². The smallest absolute Gasteiger partial charge is 0.165 e. The Hall–Kier alpha value is -1.78. The number of nitrogens with two attached hydrogens (primary N) is 1. The number of ether oxygens (including phenoxy) is 2. The number of benzene rings is 2. The Morgan fingerprint density at radius 3 is 2.40 bits per heavy atom. The Bertz CT molecular complexity index is 619. The Kier molecular flexibility index (Phi) is 4.47. The molecule has 0 aliphatic carbocycles. The van der Waals surface area contributed by atoms with Crippen LogP contribution in [0.15, 0.2) is 36.4 Å². The van der Waals surface area contributed by atoms with Crippen LogP contribution in [0.3, 0.4) is 0 Å². The van der Waals surface area contributed by atoms with E-state index in [4.69, 9.17) is 26.8 Å². The van der Waals surface area contributed by atoms with Crippen molar-refractivity contribution in [1.82, 2.24) is 0 Å². The molecule has 0 saturated carbocycles. The number of rotatable bonds is 4. The maximum atomic E-state index is 13.4. The molecule has 5 heteroatoms. The van der Waals surface area contributed by atoms with E-state index in [2.05, 4.69) is 0 Å². The third-order valence-electron chi connectivity index (χ3n) is 3.06. The summed E-state index contributed by atoms with van der Waals surface area (Å²) in [6.07, 6.45) is 0. The number of methoxy groups -OCH3 is 2. The molecule has 0 aliphatic heterocycles. The van der Waals surface area contributed by atoms with Crippen LogP contribution in [0.5, 0.6) is 11.5 Å². The molecule has 0 fully saturated rings. The molecular weight excluding hydrogens is 281 g/mol. The summed E-state index contributed by atoms with van der Waals surface area (Å²) in [5.41, 5.74) is 7.66. The SMILES string of the molecule is COc1cc(C(N)c2cc(Cl)ccc2OC)ccc1F. The highest BCUT2D eigenvalue weighted by atomic mass is 35.5. The van der Waals surface area contributed by atoms with Gasteiger partial charge in [0.25, 0.3) is 0 Å². The summed E-state index contributed by atoms with van der Waals surface area (Å²) in [6.45, 7) is 0. The van der Waals surface area contributed by atoms with Crippen LogP contribution in [-0.4, -0.2) is 14.2 Å². The quantitative estimate of drug-likeness (QED) is 0.938. The zero-order valence-electron chi connectivity index (χ0n) is 11.2. The molecule has 2 aromatic carbocycles. The van der Waals surface area contributed by atoms with Gasteiger partial charge >= 0.3 is 0 Å². The van der Waals surface area contributed by atoms with Gasteiger partial charge in [0.1, 0.15) is 5.75 Å². The second-order valence-electron chi connectivity index (χ2n) is 4.26. The van der Waals surface area contributed by atoms with Crippen LogP contribution in [0.2, 0.25) is 5.02 Å². The monoisotopic (exact) mass is 295 g/mol. The lowest BCUT2D eigenvalue weighted by Crippen LogP contribution is -2.13. The fraction of sp³-hybridized carbons (Fsp3) is 0.200. The summed E-state index contributed by atoms with van der Waals surface area (Å²) in [4.78, 5) is 0. The van der Waals surface area contributed by atoms with Crippen molar-refractivity contribution in [2.45, 2.75) is 6.04 Å². The molecule has 0 bridgehead atoms. The maximum absolute atomic E-state index is 13.4. The van der Waals surface area contributed by atoms with Gasteiger partial charge in [-0.1, -0.05) is 17.7 Å². The van der Waals surface area contributed by atoms with Gasteiger partial charge in [0.2, 0.25) is 0 Å². The summed E-state index contributed by atoms with van der Waals surface area (Å²) in [6, 6.07) is 9.23. The second kappa shape index (κ2) is 6.11. The summed E-state index contributed by atoms with van der Waals surface area (Å²) in [5.74, 6) is 0.352. The van der Waals surface area contributed by atoms with E-state index in [-0.39, 0.29) is 5.75 Å². The van der Waals surface area contributed by atoms with Crippen LogP contribution in [0.4, 0.5) is 4.39 Å². The van der Waals surface area contributed by atoms with Gasteiger partial charge < -0.3 is 15.2 Å². The molecule has 2 rings (SSSR count). The lowest BCUT2D eigenvalue weighted by Gasteiger charge is -2.17. The first kappa shape index (κ1) is 14.6. The Balaban J connectivity index is 2.45. The van der Waals surface area contributed by atoms with Crippen molar-refractivity contribution in [3.05, 3.63) is 58.4 Å². The van der Waals surface area contributed by atoms with E-state index in [1.807, 2.05) is 0 Å². The largest absolute Gasteiger partial charge is 0.496 e. The van der Waals surface area contributed by atoms with Gasteiger partial charge in [0.15, 0.2) is 11.6 Å². The molecule has 0 saturated heterocycles. The van der Waals surface area contributed by atoms with Crippen molar-refractivity contribution in [2.24, 2.45) is 5.73 Å². The minimum absolute atomic E-state index is 0.152. The molecule has 0 aliphatic rings. The highest BCUT2D eigenvalue weighted by molar-refractivity contribution is 6.30. The van der Waals surface area contributed by atoms with Gasteiger partial charge in [-0.3, -0.25) is 0 Å². The first-order chi connectivity index (χ1) is 9.56. The zero-order valence-corrected chi connectivity index (χ0v) is 11.9. The van der Waals surface area contributed by atoms with E-state index in [9.17, 15) is 4.39 Å². The molecular formula is C15H15ClFNO2. The zero-order chi connectivity index (χ0) is 14.7. The standard InChI is InChI=1S/C15H15ClFNO2/c1-19-13-6-4-10(16)8-11(13)15(18)9-3-5-12(17)14(7-9)20-2/h3-8,15H,18H2,1-2H3. The predicted octanol–water partition coefficient (Wildman–Crippen LogP) is 3.54. The van der Waals surface area contributed by atoms with Crippen LogP contribution >= 0.6 is 11.6 Å². The van der Waals surface area contributed by atoms with Crippen LogP contribution < -0.4 is 15.2 Å². The second-order valence-corrected chi connectivity index (χ2v) is 4.69. The summed E-state index contributed by atoms with van der Waals surface area (Å²) < 4.78 is 23.7. The summed E-state index contributed by atoms with van der Waals surface area (Å²) >= 11 is 5.99. The van der Waals surface area contributed by atoms with Gasteiger partial charge in [-0.25, -0.2) is 4.39 Å². The lowest BCUT2D eigenvalue weighted by atomic mass is 9.98. The lowest BCUT2D eigenvalue weighted by molar-refractivity contribution is 0.385. The molecule has 0 radical (unpaired) electrons. The van der Waals surface area contributed by atoms with E-state index < -0.39 is 11.9 Å². The number of halogens is 2. The molecule has 0 heterocycles. The number of hydrogen-bond donors (Lipinski definition) is 1. The average molecular weight is 296 g/mol. The third-order valence-corrected chi connectivity index (χ3v) is 3.30. The fourth-order valence-electron chi connectivity index (χ4n) is 2.00. The minimum atomic E-state index is -0.488. The van der Waals surface area contributed by atoms with Gasteiger partial charge in [0, 0.05) is 10.6 Å². The predicted molar refractivity (Wildman–Crippen MR) is 77.0 cm³/mol. The number of hydrogen-bond acceptors (Lipinski definition) is 3. The molecule has 1 unspecified atom stereocenters. The molecule has 3 nitrogen and oxygen atoms in total. The molecule has 1 atom stereocenters.